The number of rotatable bonds is 4. The maximum absolute atomic E-state index is 12.5. The van der Waals surface area contributed by atoms with Crippen LogP contribution >= 0.6 is 0 Å². The minimum atomic E-state index is -0.454. The summed E-state index contributed by atoms with van der Waals surface area (Å²) in [6.07, 6.45) is 3.36. The third-order valence-corrected chi connectivity index (χ3v) is 4.46. The summed E-state index contributed by atoms with van der Waals surface area (Å²) >= 11 is 0. The molecule has 0 bridgehead atoms. The number of hydrogen-bond acceptors (Lipinski definition) is 5. The van der Waals surface area contributed by atoms with Crippen molar-refractivity contribution in [2.75, 3.05) is 0 Å². The van der Waals surface area contributed by atoms with E-state index < -0.39 is 5.97 Å². The molecule has 0 aliphatic heterocycles. The lowest BCUT2D eigenvalue weighted by atomic mass is 9.99. The molecule has 4 rings (SSSR count). The van der Waals surface area contributed by atoms with E-state index in [4.69, 9.17) is 4.74 Å². The molecule has 0 aliphatic carbocycles. The SMILES string of the molecule is Cc1nn2cccnc2c1C(=O)OCc1ccc(-c2ccccc2C#N)cc1. The number of carbonyl (C=O) groups is 1. The standard InChI is InChI=1S/C22H16N4O2/c1-15-20(21-24-11-4-12-26(21)25-15)22(27)28-14-16-7-9-17(10-8-16)19-6-3-2-5-18(19)13-23/h2-12H,14H2,1H3. The molecule has 0 fully saturated rings. The van der Waals surface area contributed by atoms with Gasteiger partial charge < -0.3 is 4.74 Å². The van der Waals surface area contributed by atoms with Gasteiger partial charge in [-0.15, -0.1) is 0 Å². The molecule has 6 heteroatoms. The van der Waals surface area contributed by atoms with Gasteiger partial charge in [-0.2, -0.15) is 10.4 Å². The lowest BCUT2D eigenvalue weighted by molar-refractivity contribution is 0.0474. The highest BCUT2D eigenvalue weighted by atomic mass is 16.5. The predicted octanol–water partition coefficient (Wildman–Crippen LogP) is 3.93. The van der Waals surface area contributed by atoms with Crippen molar-refractivity contribution in [1.82, 2.24) is 14.6 Å². The second-order valence-electron chi connectivity index (χ2n) is 6.28. The van der Waals surface area contributed by atoms with Crippen LogP contribution in [0.5, 0.6) is 0 Å². The number of hydrogen-bond donors (Lipinski definition) is 0. The lowest BCUT2D eigenvalue weighted by Crippen LogP contribution is -2.07. The van der Waals surface area contributed by atoms with Crippen molar-refractivity contribution in [3.63, 3.8) is 0 Å². The third-order valence-electron chi connectivity index (χ3n) is 4.46. The second-order valence-corrected chi connectivity index (χ2v) is 6.28. The molecule has 6 nitrogen and oxygen atoms in total. The van der Waals surface area contributed by atoms with Crippen molar-refractivity contribution < 1.29 is 9.53 Å². The van der Waals surface area contributed by atoms with Crippen LogP contribution in [0.15, 0.2) is 67.0 Å². The summed E-state index contributed by atoms with van der Waals surface area (Å²) in [5, 5.41) is 13.5. The Bertz CT molecular complexity index is 1200. The van der Waals surface area contributed by atoms with Crippen LogP contribution in [0.25, 0.3) is 16.8 Å². The van der Waals surface area contributed by atoms with Gasteiger partial charge in [0.15, 0.2) is 5.65 Å². The summed E-state index contributed by atoms with van der Waals surface area (Å²) < 4.78 is 7.03. The molecule has 0 amide bonds. The summed E-state index contributed by atoms with van der Waals surface area (Å²) in [5.74, 6) is -0.454. The van der Waals surface area contributed by atoms with Crippen LogP contribution in [0, 0.1) is 18.3 Å². The lowest BCUT2D eigenvalue weighted by Gasteiger charge is -2.07. The molecule has 0 saturated heterocycles. The summed E-state index contributed by atoms with van der Waals surface area (Å²) in [6, 6.07) is 19.0. The Balaban J connectivity index is 1.50. The van der Waals surface area contributed by atoms with Crippen LogP contribution < -0.4 is 0 Å². The molecule has 2 heterocycles. The summed E-state index contributed by atoms with van der Waals surface area (Å²) in [5.41, 5.74) is 4.73. The van der Waals surface area contributed by atoms with E-state index >= 15 is 0 Å². The summed E-state index contributed by atoms with van der Waals surface area (Å²) in [6.45, 7) is 1.90. The minimum Gasteiger partial charge on any atom is -0.457 e. The average molecular weight is 368 g/mol. The van der Waals surface area contributed by atoms with Crippen molar-refractivity contribution in [2.45, 2.75) is 13.5 Å². The first-order valence-electron chi connectivity index (χ1n) is 8.73. The van der Waals surface area contributed by atoms with Gasteiger partial charge in [0.05, 0.1) is 17.3 Å². The number of esters is 1. The Morgan fingerprint density at radius 1 is 1.14 bits per heavy atom. The average Bonchev–Trinajstić information content (AvgIpc) is 3.08. The first-order chi connectivity index (χ1) is 13.7. The Morgan fingerprint density at radius 3 is 2.71 bits per heavy atom. The van der Waals surface area contributed by atoms with Gasteiger partial charge in [0.25, 0.3) is 0 Å². The van der Waals surface area contributed by atoms with E-state index in [0.717, 1.165) is 16.7 Å². The van der Waals surface area contributed by atoms with Crippen LogP contribution in [-0.2, 0) is 11.3 Å². The third kappa shape index (κ3) is 3.21. The van der Waals surface area contributed by atoms with Crippen molar-refractivity contribution in [3.05, 3.63) is 89.4 Å². The van der Waals surface area contributed by atoms with Gasteiger partial charge in [-0.3, -0.25) is 0 Å². The van der Waals surface area contributed by atoms with E-state index in [1.54, 1.807) is 36.0 Å². The van der Waals surface area contributed by atoms with E-state index in [0.29, 0.717) is 22.5 Å². The van der Waals surface area contributed by atoms with Crippen molar-refractivity contribution in [3.8, 4) is 17.2 Å². The first-order valence-corrected chi connectivity index (χ1v) is 8.73. The number of fused-ring (bicyclic) bond motifs is 1. The molecule has 0 N–H and O–H groups in total. The molecule has 136 valence electrons. The molecule has 0 radical (unpaired) electrons. The number of nitriles is 1. The first kappa shape index (κ1) is 17.4. The van der Waals surface area contributed by atoms with E-state index in [2.05, 4.69) is 16.2 Å². The highest BCUT2D eigenvalue weighted by Crippen LogP contribution is 2.24. The minimum absolute atomic E-state index is 0.141. The second kappa shape index (κ2) is 7.33. The van der Waals surface area contributed by atoms with Crippen molar-refractivity contribution >= 4 is 11.6 Å². The van der Waals surface area contributed by atoms with Gasteiger partial charge in [-0.25, -0.2) is 14.3 Å². The smallest absolute Gasteiger partial charge is 0.344 e. The number of aryl methyl sites for hydroxylation is 1. The Kier molecular flexibility index (Phi) is 4.56. The van der Waals surface area contributed by atoms with Gasteiger partial charge in [0.2, 0.25) is 0 Å². The molecule has 0 unspecified atom stereocenters. The summed E-state index contributed by atoms with van der Waals surface area (Å²) in [7, 11) is 0. The van der Waals surface area contributed by atoms with Gasteiger partial charge in [0.1, 0.15) is 12.2 Å². The number of benzene rings is 2. The van der Waals surface area contributed by atoms with Crippen LogP contribution in [0.1, 0.15) is 27.2 Å². The molecule has 0 atom stereocenters. The Hall–Kier alpha value is -3.98. The van der Waals surface area contributed by atoms with E-state index in [1.165, 1.54) is 0 Å². The number of nitrogens with zero attached hydrogens (tertiary/aromatic N) is 4. The largest absolute Gasteiger partial charge is 0.457 e. The zero-order valence-electron chi connectivity index (χ0n) is 15.2. The normalized spacial score (nSPS) is 10.6. The molecule has 0 saturated carbocycles. The Labute approximate surface area is 161 Å². The fourth-order valence-electron chi connectivity index (χ4n) is 3.07. The molecular formula is C22H16N4O2. The van der Waals surface area contributed by atoms with Crippen LogP contribution in [0.4, 0.5) is 0 Å². The zero-order valence-corrected chi connectivity index (χ0v) is 15.2. The monoisotopic (exact) mass is 368 g/mol. The molecular weight excluding hydrogens is 352 g/mol. The van der Waals surface area contributed by atoms with E-state index in [-0.39, 0.29) is 6.61 Å². The maximum Gasteiger partial charge on any atom is 0.344 e. The molecule has 2 aromatic heterocycles. The molecule has 0 aliphatic rings. The van der Waals surface area contributed by atoms with Gasteiger partial charge >= 0.3 is 5.97 Å². The van der Waals surface area contributed by atoms with Gasteiger partial charge in [-0.05, 0) is 35.7 Å². The number of carbonyl (C=O) groups excluding carboxylic acids is 1. The quantitative estimate of drug-likeness (QED) is 0.510. The highest BCUT2D eigenvalue weighted by molar-refractivity contribution is 5.97. The van der Waals surface area contributed by atoms with Gasteiger partial charge in [0, 0.05) is 12.4 Å². The molecule has 28 heavy (non-hydrogen) atoms. The van der Waals surface area contributed by atoms with E-state index in [1.807, 2.05) is 42.5 Å². The van der Waals surface area contributed by atoms with Crippen LogP contribution in [0.3, 0.4) is 0 Å². The van der Waals surface area contributed by atoms with Crippen molar-refractivity contribution in [2.24, 2.45) is 0 Å². The van der Waals surface area contributed by atoms with E-state index in [9.17, 15) is 10.1 Å². The number of aromatic nitrogens is 3. The fourth-order valence-corrected chi connectivity index (χ4v) is 3.07. The number of ether oxygens (including phenoxy) is 1. The van der Waals surface area contributed by atoms with Crippen molar-refractivity contribution in [1.29, 1.82) is 5.26 Å². The zero-order chi connectivity index (χ0) is 19.5. The topological polar surface area (TPSA) is 80.3 Å². The van der Waals surface area contributed by atoms with Crippen LogP contribution in [0.2, 0.25) is 0 Å². The van der Waals surface area contributed by atoms with Crippen LogP contribution in [-0.4, -0.2) is 20.6 Å². The highest BCUT2D eigenvalue weighted by Gasteiger charge is 2.19. The molecule has 4 aromatic rings. The predicted molar refractivity (Wildman–Crippen MR) is 103 cm³/mol. The molecule has 0 spiro atoms. The fraction of sp³-hybridized carbons (Fsp3) is 0.0909. The summed E-state index contributed by atoms with van der Waals surface area (Å²) in [4.78, 5) is 16.7. The molecule has 2 aromatic carbocycles. The Morgan fingerprint density at radius 2 is 1.93 bits per heavy atom. The van der Waals surface area contributed by atoms with Gasteiger partial charge in [-0.1, -0.05) is 42.5 Å². The maximum atomic E-state index is 12.5.